The molecule has 17 heavy (non-hydrogen) atoms. The zero-order chi connectivity index (χ0) is 12.3. The number of aromatic amines is 1. The summed E-state index contributed by atoms with van der Waals surface area (Å²) in [4.78, 5) is 1.22. The van der Waals surface area contributed by atoms with Crippen LogP contribution in [0.5, 0.6) is 0 Å². The van der Waals surface area contributed by atoms with Crippen molar-refractivity contribution < 1.29 is 0 Å². The highest BCUT2D eigenvalue weighted by Gasteiger charge is 2.11. The number of thioether (sulfide) groups is 1. The molecule has 1 N–H and O–H groups in total. The molecule has 2 rings (SSSR count). The van der Waals surface area contributed by atoms with Crippen molar-refractivity contribution in [2.45, 2.75) is 24.8 Å². The lowest BCUT2D eigenvalue weighted by Crippen LogP contribution is -2.00. The van der Waals surface area contributed by atoms with E-state index in [0.717, 1.165) is 24.4 Å². The second-order valence-corrected chi connectivity index (χ2v) is 4.94. The van der Waals surface area contributed by atoms with E-state index in [1.165, 1.54) is 4.90 Å². The van der Waals surface area contributed by atoms with Gasteiger partial charge in [-0.25, -0.2) is 0 Å². The third kappa shape index (κ3) is 2.45. The van der Waals surface area contributed by atoms with Crippen LogP contribution in [0.3, 0.4) is 0 Å². The van der Waals surface area contributed by atoms with Gasteiger partial charge in [0.1, 0.15) is 0 Å². The molecule has 0 amide bonds. The maximum absolute atomic E-state index is 5.26. The van der Waals surface area contributed by atoms with Crippen molar-refractivity contribution in [1.82, 2.24) is 14.8 Å². The Morgan fingerprint density at radius 2 is 2.18 bits per heavy atom. The fourth-order valence-electron chi connectivity index (χ4n) is 1.78. The van der Waals surface area contributed by atoms with Gasteiger partial charge in [0.25, 0.3) is 0 Å². The van der Waals surface area contributed by atoms with Crippen LogP contribution < -0.4 is 0 Å². The summed E-state index contributed by atoms with van der Waals surface area (Å²) in [7, 11) is 0. The summed E-state index contributed by atoms with van der Waals surface area (Å²) in [6.45, 7) is 3.03. The van der Waals surface area contributed by atoms with Gasteiger partial charge in [-0.2, -0.15) is 5.10 Å². The minimum absolute atomic E-state index is 0.692. The summed E-state index contributed by atoms with van der Waals surface area (Å²) in [6.07, 6.45) is 3.12. The van der Waals surface area contributed by atoms with Gasteiger partial charge in [0.15, 0.2) is 10.6 Å². The van der Waals surface area contributed by atoms with Crippen molar-refractivity contribution in [2.24, 2.45) is 0 Å². The third-order valence-electron chi connectivity index (χ3n) is 2.55. The monoisotopic (exact) mass is 265 g/mol. The lowest BCUT2D eigenvalue weighted by Gasteiger charge is -2.08. The van der Waals surface area contributed by atoms with Crippen molar-refractivity contribution in [3.8, 4) is 11.4 Å². The number of rotatable bonds is 4. The van der Waals surface area contributed by atoms with Crippen LogP contribution in [-0.2, 0) is 6.54 Å². The van der Waals surface area contributed by atoms with Crippen LogP contribution in [0.1, 0.15) is 13.3 Å². The predicted molar refractivity (Wildman–Crippen MR) is 74.9 cm³/mol. The first-order valence-corrected chi connectivity index (χ1v) is 7.19. The minimum Gasteiger partial charge on any atom is -0.300 e. The van der Waals surface area contributed by atoms with E-state index in [1.807, 2.05) is 12.1 Å². The Hall–Kier alpha value is -1.07. The highest BCUT2D eigenvalue weighted by Crippen LogP contribution is 2.28. The molecule has 1 aromatic heterocycles. The number of aromatic nitrogens is 3. The van der Waals surface area contributed by atoms with E-state index in [9.17, 15) is 0 Å². The minimum atomic E-state index is 0.692. The highest BCUT2D eigenvalue weighted by atomic mass is 32.2. The Balaban J connectivity index is 2.56. The van der Waals surface area contributed by atoms with E-state index in [1.54, 1.807) is 11.8 Å². The molecular formula is C12H15N3S2. The topological polar surface area (TPSA) is 33.6 Å². The van der Waals surface area contributed by atoms with Crippen LogP contribution in [0.15, 0.2) is 29.2 Å². The molecule has 0 aliphatic heterocycles. The molecule has 0 saturated carbocycles. The molecule has 0 radical (unpaired) electrons. The smallest absolute Gasteiger partial charge is 0.195 e. The lowest BCUT2D eigenvalue weighted by atomic mass is 10.2. The van der Waals surface area contributed by atoms with Crippen LogP contribution in [-0.4, -0.2) is 21.0 Å². The first-order chi connectivity index (χ1) is 8.27. The number of nitrogens with one attached hydrogen (secondary N) is 1. The molecule has 0 atom stereocenters. The van der Waals surface area contributed by atoms with Gasteiger partial charge in [-0.15, -0.1) is 11.8 Å². The molecule has 3 nitrogen and oxygen atoms in total. The molecule has 0 aliphatic carbocycles. The number of benzene rings is 1. The second-order valence-electron chi connectivity index (χ2n) is 3.70. The molecule has 0 aliphatic rings. The summed E-state index contributed by atoms with van der Waals surface area (Å²) < 4.78 is 2.75. The van der Waals surface area contributed by atoms with E-state index in [0.29, 0.717) is 4.77 Å². The van der Waals surface area contributed by atoms with E-state index in [4.69, 9.17) is 12.2 Å². The quantitative estimate of drug-likeness (QED) is 0.675. The maximum Gasteiger partial charge on any atom is 0.195 e. The maximum atomic E-state index is 5.26. The van der Waals surface area contributed by atoms with Gasteiger partial charge in [0.2, 0.25) is 0 Å². The lowest BCUT2D eigenvalue weighted by molar-refractivity contribution is 0.674. The van der Waals surface area contributed by atoms with E-state index >= 15 is 0 Å². The normalized spacial score (nSPS) is 10.7. The largest absolute Gasteiger partial charge is 0.300 e. The summed E-state index contributed by atoms with van der Waals surface area (Å²) in [5.74, 6) is 0.932. The Morgan fingerprint density at radius 1 is 1.41 bits per heavy atom. The summed E-state index contributed by atoms with van der Waals surface area (Å²) in [5.41, 5.74) is 1.14. The fourth-order valence-corrected chi connectivity index (χ4v) is 2.60. The van der Waals surface area contributed by atoms with Crippen molar-refractivity contribution in [2.75, 3.05) is 6.26 Å². The Kier molecular flexibility index (Phi) is 4.02. The molecule has 1 heterocycles. The molecule has 0 spiro atoms. The molecule has 5 heteroatoms. The fraction of sp³-hybridized carbons (Fsp3) is 0.333. The van der Waals surface area contributed by atoms with E-state index < -0.39 is 0 Å². The van der Waals surface area contributed by atoms with Crippen LogP contribution >= 0.6 is 24.0 Å². The first-order valence-electron chi connectivity index (χ1n) is 5.56. The summed E-state index contributed by atoms with van der Waals surface area (Å²) in [5, 5.41) is 7.22. The predicted octanol–water partition coefficient (Wildman–Crippen LogP) is 3.74. The van der Waals surface area contributed by atoms with Gasteiger partial charge in [-0.05, 0) is 31.0 Å². The van der Waals surface area contributed by atoms with E-state index in [2.05, 4.69) is 40.1 Å². The Bertz CT molecular complexity index is 557. The Labute approximate surface area is 110 Å². The van der Waals surface area contributed by atoms with Gasteiger partial charge in [-0.1, -0.05) is 25.1 Å². The molecule has 2 aromatic rings. The first kappa shape index (κ1) is 12.4. The number of hydrogen-bond donors (Lipinski definition) is 1. The molecule has 0 unspecified atom stereocenters. The van der Waals surface area contributed by atoms with Gasteiger partial charge < -0.3 is 4.57 Å². The van der Waals surface area contributed by atoms with Crippen LogP contribution in [0.2, 0.25) is 0 Å². The van der Waals surface area contributed by atoms with Gasteiger partial charge in [-0.3, -0.25) is 5.10 Å². The molecule has 90 valence electrons. The van der Waals surface area contributed by atoms with Crippen molar-refractivity contribution in [1.29, 1.82) is 0 Å². The van der Waals surface area contributed by atoms with Crippen LogP contribution in [0, 0.1) is 4.77 Å². The number of hydrogen-bond acceptors (Lipinski definition) is 3. The molecule has 0 fully saturated rings. The van der Waals surface area contributed by atoms with Crippen LogP contribution in [0.25, 0.3) is 11.4 Å². The zero-order valence-corrected chi connectivity index (χ0v) is 11.6. The average Bonchev–Trinajstić information content (AvgIpc) is 2.72. The molecular weight excluding hydrogens is 250 g/mol. The van der Waals surface area contributed by atoms with Crippen LogP contribution in [0.4, 0.5) is 0 Å². The Morgan fingerprint density at radius 3 is 2.88 bits per heavy atom. The van der Waals surface area contributed by atoms with Crippen molar-refractivity contribution >= 4 is 24.0 Å². The molecule has 0 saturated heterocycles. The van der Waals surface area contributed by atoms with Gasteiger partial charge in [0, 0.05) is 17.0 Å². The van der Waals surface area contributed by atoms with Crippen molar-refractivity contribution in [3.63, 3.8) is 0 Å². The molecule has 0 bridgehead atoms. The van der Waals surface area contributed by atoms with Crippen molar-refractivity contribution in [3.05, 3.63) is 29.0 Å². The SMILES string of the molecule is CCCn1c(-c2ccccc2SC)n[nH]c1=S. The summed E-state index contributed by atoms with van der Waals surface area (Å²) in [6, 6.07) is 8.26. The zero-order valence-electron chi connectivity index (χ0n) is 9.93. The third-order valence-corrected chi connectivity index (χ3v) is 3.66. The number of nitrogens with zero attached hydrogens (tertiary/aromatic N) is 2. The molecule has 1 aromatic carbocycles. The van der Waals surface area contributed by atoms with E-state index in [-0.39, 0.29) is 0 Å². The average molecular weight is 265 g/mol. The van der Waals surface area contributed by atoms with Gasteiger partial charge >= 0.3 is 0 Å². The summed E-state index contributed by atoms with van der Waals surface area (Å²) >= 11 is 6.98. The second kappa shape index (κ2) is 5.51. The highest BCUT2D eigenvalue weighted by molar-refractivity contribution is 7.98. The van der Waals surface area contributed by atoms with Gasteiger partial charge in [0.05, 0.1) is 0 Å². The standard InChI is InChI=1S/C12H15N3S2/c1-3-8-15-11(13-14-12(15)16)9-6-4-5-7-10(9)17-2/h4-7H,3,8H2,1-2H3,(H,14,16). The number of H-pyrrole nitrogens is 1.